The Labute approximate surface area is 141 Å². The number of β-amino-alcohol motifs (C(OH)–C–C–N with tert-alkyl or cyclic N) is 1. The van der Waals surface area contributed by atoms with Gasteiger partial charge in [-0.15, -0.1) is 0 Å². The zero-order chi connectivity index (χ0) is 16.9. The highest BCUT2D eigenvalue weighted by Gasteiger charge is 2.32. The Morgan fingerprint density at radius 3 is 2.04 bits per heavy atom. The van der Waals surface area contributed by atoms with Crippen molar-refractivity contribution in [2.75, 3.05) is 52.4 Å². The maximum Gasteiger partial charge on any atom is 0.199 e. The van der Waals surface area contributed by atoms with E-state index in [1.54, 1.807) is 30.5 Å². The molecule has 1 aromatic rings. The van der Waals surface area contributed by atoms with Gasteiger partial charge in [-0.25, -0.2) is 0 Å². The first-order chi connectivity index (χ1) is 11.7. The van der Waals surface area contributed by atoms with E-state index in [-0.39, 0.29) is 23.7 Å². The molecule has 0 atom stereocenters. The fraction of sp³-hybridized carbons (Fsp3) is 0.444. The molecular weight excluding hydrogens is 306 g/mol. The summed E-state index contributed by atoms with van der Waals surface area (Å²) in [4.78, 5) is 29.1. The van der Waals surface area contributed by atoms with E-state index < -0.39 is 0 Å². The lowest BCUT2D eigenvalue weighted by atomic mass is 10.1. The summed E-state index contributed by atoms with van der Waals surface area (Å²) in [6.07, 6.45) is 1.56. The van der Waals surface area contributed by atoms with Gasteiger partial charge in [0.05, 0.1) is 12.2 Å². The molecule has 0 amide bonds. The number of ketones is 2. The molecule has 2 aliphatic rings. The number of aliphatic hydroxyl groups excluding tert-OH is 1. The number of hydrogen-bond donors (Lipinski definition) is 2. The van der Waals surface area contributed by atoms with Crippen LogP contribution in [0.1, 0.15) is 20.7 Å². The predicted molar refractivity (Wildman–Crippen MR) is 91.2 cm³/mol. The minimum Gasteiger partial charge on any atom is -0.395 e. The van der Waals surface area contributed by atoms with Gasteiger partial charge in [0.2, 0.25) is 0 Å². The zero-order valence-corrected chi connectivity index (χ0v) is 13.7. The number of benzene rings is 1. The fourth-order valence-electron chi connectivity index (χ4n) is 3.18. The van der Waals surface area contributed by atoms with Gasteiger partial charge in [0.1, 0.15) is 0 Å². The number of Topliss-reactive ketones (excluding diaryl/α,β-unsaturated/α-hetero) is 2. The number of piperazine rings is 1. The van der Waals surface area contributed by atoms with Crippen molar-refractivity contribution in [3.05, 3.63) is 47.2 Å². The van der Waals surface area contributed by atoms with Gasteiger partial charge >= 0.3 is 0 Å². The molecule has 0 unspecified atom stereocenters. The Hall–Kier alpha value is -2.02. The summed E-state index contributed by atoms with van der Waals surface area (Å²) in [6.45, 7) is 6.39. The van der Waals surface area contributed by atoms with Crippen molar-refractivity contribution < 1.29 is 14.7 Å². The van der Waals surface area contributed by atoms with Crippen LogP contribution in [0.15, 0.2) is 36.0 Å². The lowest BCUT2D eigenvalue weighted by Gasteiger charge is -2.34. The van der Waals surface area contributed by atoms with Crippen LogP contribution in [-0.4, -0.2) is 78.9 Å². The number of nitrogens with one attached hydrogen (secondary N) is 1. The number of aliphatic hydroxyl groups is 1. The molecule has 1 aromatic carbocycles. The van der Waals surface area contributed by atoms with Gasteiger partial charge in [-0.3, -0.25) is 19.4 Å². The first kappa shape index (κ1) is 16.8. The van der Waals surface area contributed by atoms with Crippen molar-refractivity contribution in [1.29, 1.82) is 0 Å². The second-order valence-corrected chi connectivity index (χ2v) is 6.12. The highest BCUT2D eigenvalue weighted by atomic mass is 16.3. The molecule has 128 valence electrons. The van der Waals surface area contributed by atoms with Crippen molar-refractivity contribution in [3.63, 3.8) is 0 Å². The van der Waals surface area contributed by atoms with Gasteiger partial charge in [0.25, 0.3) is 0 Å². The second kappa shape index (κ2) is 7.70. The second-order valence-electron chi connectivity index (χ2n) is 6.12. The SMILES string of the molecule is O=C1C(=CNCCN2CCN(CCO)CC2)C(=O)c2ccccc21. The van der Waals surface area contributed by atoms with E-state index in [0.717, 1.165) is 39.3 Å². The Kier molecular flexibility index (Phi) is 5.40. The number of carbonyl (C=O) groups excluding carboxylic acids is 2. The number of fused-ring (bicyclic) bond motifs is 1. The standard InChI is InChI=1S/C18H23N3O3/c22-12-11-21-9-7-20(8-10-21)6-5-19-13-16-17(23)14-3-1-2-4-15(14)18(16)24/h1-4,13,19,22H,5-12H2. The third-order valence-corrected chi connectivity index (χ3v) is 4.61. The molecule has 6 heteroatoms. The topological polar surface area (TPSA) is 72.9 Å². The molecule has 0 bridgehead atoms. The van der Waals surface area contributed by atoms with Crippen LogP contribution in [0.4, 0.5) is 0 Å². The van der Waals surface area contributed by atoms with E-state index in [0.29, 0.717) is 17.7 Å². The molecule has 24 heavy (non-hydrogen) atoms. The normalized spacial score (nSPS) is 18.8. The molecule has 1 fully saturated rings. The molecular formula is C18H23N3O3. The Morgan fingerprint density at radius 1 is 0.958 bits per heavy atom. The molecule has 1 saturated heterocycles. The summed E-state index contributed by atoms with van der Waals surface area (Å²) < 4.78 is 0. The summed E-state index contributed by atoms with van der Waals surface area (Å²) in [7, 11) is 0. The lowest BCUT2D eigenvalue weighted by molar-refractivity contribution is 0.0987. The van der Waals surface area contributed by atoms with Crippen molar-refractivity contribution in [2.45, 2.75) is 0 Å². The van der Waals surface area contributed by atoms with E-state index in [1.807, 2.05) is 0 Å². The van der Waals surface area contributed by atoms with Gasteiger partial charge in [-0.1, -0.05) is 24.3 Å². The van der Waals surface area contributed by atoms with Crippen molar-refractivity contribution in [3.8, 4) is 0 Å². The van der Waals surface area contributed by atoms with Crippen LogP contribution >= 0.6 is 0 Å². The van der Waals surface area contributed by atoms with E-state index >= 15 is 0 Å². The summed E-state index contributed by atoms with van der Waals surface area (Å²) >= 11 is 0. The van der Waals surface area contributed by atoms with Crippen molar-refractivity contribution in [2.24, 2.45) is 0 Å². The number of allylic oxidation sites excluding steroid dienone is 1. The number of nitrogens with zero attached hydrogens (tertiary/aromatic N) is 2. The minimum absolute atomic E-state index is 0.194. The number of rotatable bonds is 6. The van der Waals surface area contributed by atoms with Gasteiger partial charge in [0.15, 0.2) is 11.6 Å². The highest BCUT2D eigenvalue weighted by molar-refractivity contribution is 6.39. The monoisotopic (exact) mass is 329 g/mol. The zero-order valence-electron chi connectivity index (χ0n) is 13.7. The van der Waals surface area contributed by atoms with E-state index in [2.05, 4.69) is 15.1 Å². The molecule has 1 aliphatic carbocycles. The van der Waals surface area contributed by atoms with Crippen LogP contribution in [0.3, 0.4) is 0 Å². The highest BCUT2D eigenvalue weighted by Crippen LogP contribution is 2.25. The summed E-state index contributed by atoms with van der Waals surface area (Å²) in [5.74, 6) is -0.388. The Morgan fingerprint density at radius 2 is 1.50 bits per heavy atom. The Bertz CT molecular complexity index is 612. The largest absolute Gasteiger partial charge is 0.395 e. The van der Waals surface area contributed by atoms with Crippen LogP contribution in [0.2, 0.25) is 0 Å². The maximum atomic E-state index is 12.2. The van der Waals surface area contributed by atoms with Crippen molar-refractivity contribution >= 4 is 11.6 Å². The molecule has 2 N–H and O–H groups in total. The average molecular weight is 329 g/mol. The third kappa shape index (κ3) is 3.56. The fourth-order valence-corrected chi connectivity index (χ4v) is 3.18. The summed E-state index contributed by atoms with van der Waals surface area (Å²) in [6, 6.07) is 6.94. The van der Waals surface area contributed by atoms with Gasteiger partial charge < -0.3 is 10.4 Å². The van der Waals surface area contributed by atoms with Crippen LogP contribution < -0.4 is 5.32 Å². The molecule has 0 aromatic heterocycles. The summed E-state index contributed by atoms with van der Waals surface area (Å²) in [5, 5.41) is 12.1. The molecule has 0 spiro atoms. The molecule has 1 heterocycles. The quantitative estimate of drug-likeness (QED) is 0.440. The maximum absolute atomic E-state index is 12.2. The number of carbonyl (C=O) groups is 2. The van der Waals surface area contributed by atoms with Gasteiger partial charge in [-0.2, -0.15) is 0 Å². The third-order valence-electron chi connectivity index (χ3n) is 4.61. The molecule has 0 saturated carbocycles. The van der Waals surface area contributed by atoms with Crippen LogP contribution in [0, 0.1) is 0 Å². The van der Waals surface area contributed by atoms with Crippen molar-refractivity contribution in [1.82, 2.24) is 15.1 Å². The molecule has 1 aliphatic heterocycles. The lowest BCUT2D eigenvalue weighted by Crippen LogP contribution is -2.48. The molecule has 0 radical (unpaired) electrons. The van der Waals surface area contributed by atoms with Gasteiger partial charge in [-0.05, 0) is 0 Å². The predicted octanol–water partition coefficient (Wildman–Crippen LogP) is 0.149. The first-order valence-electron chi connectivity index (χ1n) is 8.38. The summed E-state index contributed by atoms with van der Waals surface area (Å²) in [5.41, 5.74) is 1.22. The minimum atomic E-state index is -0.194. The number of hydrogen-bond acceptors (Lipinski definition) is 6. The van der Waals surface area contributed by atoms with Crippen LogP contribution in [0.5, 0.6) is 0 Å². The molecule has 6 nitrogen and oxygen atoms in total. The smallest absolute Gasteiger partial charge is 0.199 e. The molecule has 3 rings (SSSR count). The Balaban J connectivity index is 1.46. The van der Waals surface area contributed by atoms with E-state index in [4.69, 9.17) is 5.11 Å². The first-order valence-corrected chi connectivity index (χ1v) is 8.38. The van der Waals surface area contributed by atoms with E-state index in [9.17, 15) is 9.59 Å². The van der Waals surface area contributed by atoms with Gasteiger partial charge in [0, 0.05) is 63.1 Å². The van der Waals surface area contributed by atoms with E-state index in [1.165, 1.54) is 0 Å². The average Bonchev–Trinajstić information content (AvgIpc) is 2.85. The van der Waals surface area contributed by atoms with Crippen LogP contribution in [-0.2, 0) is 0 Å². The van der Waals surface area contributed by atoms with Crippen LogP contribution in [0.25, 0.3) is 0 Å².